The SMILES string of the molecule is Cc1cn(C(C)C)c(NC(C)Cn2ccnc2)n1. The number of aromatic nitrogens is 4. The molecule has 0 bridgehead atoms. The van der Waals surface area contributed by atoms with E-state index in [-0.39, 0.29) is 0 Å². The summed E-state index contributed by atoms with van der Waals surface area (Å²) in [6.07, 6.45) is 7.68. The zero-order chi connectivity index (χ0) is 13.1. The fraction of sp³-hybridized carbons (Fsp3) is 0.538. The van der Waals surface area contributed by atoms with Crippen molar-refractivity contribution >= 4 is 5.95 Å². The van der Waals surface area contributed by atoms with Crippen LogP contribution in [0.1, 0.15) is 32.5 Å². The first-order valence-corrected chi connectivity index (χ1v) is 6.34. The van der Waals surface area contributed by atoms with E-state index in [4.69, 9.17) is 0 Å². The minimum absolute atomic E-state index is 0.304. The molecular formula is C13H21N5. The molecule has 0 aliphatic rings. The summed E-state index contributed by atoms with van der Waals surface area (Å²) < 4.78 is 4.23. The molecule has 1 atom stereocenters. The van der Waals surface area contributed by atoms with Crippen molar-refractivity contribution in [1.29, 1.82) is 0 Å². The van der Waals surface area contributed by atoms with Gasteiger partial charge in [-0.05, 0) is 27.7 Å². The molecular weight excluding hydrogens is 226 g/mol. The van der Waals surface area contributed by atoms with E-state index >= 15 is 0 Å². The summed E-state index contributed by atoms with van der Waals surface area (Å²) in [6, 6.07) is 0.715. The quantitative estimate of drug-likeness (QED) is 0.883. The molecule has 0 saturated heterocycles. The maximum atomic E-state index is 4.53. The van der Waals surface area contributed by atoms with Gasteiger partial charge >= 0.3 is 0 Å². The van der Waals surface area contributed by atoms with E-state index in [2.05, 4.69) is 51.4 Å². The Morgan fingerprint density at radius 2 is 2.11 bits per heavy atom. The van der Waals surface area contributed by atoms with Crippen molar-refractivity contribution in [3.8, 4) is 0 Å². The lowest BCUT2D eigenvalue weighted by Crippen LogP contribution is -2.23. The molecule has 2 heterocycles. The van der Waals surface area contributed by atoms with Crippen LogP contribution in [-0.4, -0.2) is 25.1 Å². The predicted molar refractivity (Wildman–Crippen MR) is 72.7 cm³/mol. The molecule has 2 aromatic heterocycles. The molecule has 0 radical (unpaired) electrons. The molecule has 0 spiro atoms. The van der Waals surface area contributed by atoms with Crippen molar-refractivity contribution in [2.75, 3.05) is 5.32 Å². The van der Waals surface area contributed by atoms with Gasteiger partial charge in [0.2, 0.25) is 5.95 Å². The first-order chi connectivity index (χ1) is 8.56. The minimum Gasteiger partial charge on any atom is -0.351 e. The van der Waals surface area contributed by atoms with Crippen molar-refractivity contribution in [1.82, 2.24) is 19.1 Å². The number of hydrogen-bond donors (Lipinski definition) is 1. The number of aryl methyl sites for hydroxylation is 1. The fourth-order valence-corrected chi connectivity index (χ4v) is 1.99. The van der Waals surface area contributed by atoms with Crippen molar-refractivity contribution in [3.63, 3.8) is 0 Å². The highest BCUT2D eigenvalue weighted by Crippen LogP contribution is 2.16. The molecule has 18 heavy (non-hydrogen) atoms. The largest absolute Gasteiger partial charge is 0.351 e. The zero-order valence-corrected chi connectivity index (χ0v) is 11.5. The highest BCUT2D eigenvalue weighted by molar-refractivity contribution is 5.30. The second-order valence-corrected chi connectivity index (χ2v) is 5.01. The van der Waals surface area contributed by atoms with Gasteiger partial charge in [0.05, 0.1) is 12.0 Å². The molecule has 1 unspecified atom stereocenters. The number of hydrogen-bond acceptors (Lipinski definition) is 3. The highest BCUT2D eigenvalue weighted by Gasteiger charge is 2.11. The average Bonchev–Trinajstić information content (AvgIpc) is 2.88. The monoisotopic (exact) mass is 247 g/mol. The van der Waals surface area contributed by atoms with Gasteiger partial charge in [0.15, 0.2) is 0 Å². The van der Waals surface area contributed by atoms with Crippen molar-refractivity contribution in [2.45, 2.75) is 46.3 Å². The van der Waals surface area contributed by atoms with E-state index in [1.807, 2.05) is 19.4 Å². The van der Waals surface area contributed by atoms with E-state index in [0.29, 0.717) is 12.1 Å². The molecule has 2 rings (SSSR count). The third kappa shape index (κ3) is 2.91. The Bertz CT molecular complexity index is 483. The van der Waals surface area contributed by atoms with Crippen LogP contribution < -0.4 is 5.32 Å². The number of nitrogens with zero attached hydrogens (tertiary/aromatic N) is 4. The minimum atomic E-state index is 0.304. The third-order valence-corrected chi connectivity index (χ3v) is 2.83. The molecule has 5 heteroatoms. The van der Waals surface area contributed by atoms with E-state index in [1.54, 1.807) is 6.20 Å². The Kier molecular flexibility index (Phi) is 3.69. The Morgan fingerprint density at radius 1 is 1.33 bits per heavy atom. The third-order valence-electron chi connectivity index (χ3n) is 2.83. The Hall–Kier alpha value is -1.78. The highest BCUT2D eigenvalue weighted by atomic mass is 15.2. The Balaban J connectivity index is 2.04. The first-order valence-electron chi connectivity index (χ1n) is 6.34. The van der Waals surface area contributed by atoms with Crippen LogP contribution in [0.25, 0.3) is 0 Å². The molecule has 0 aromatic carbocycles. The Morgan fingerprint density at radius 3 is 2.72 bits per heavy atom. The van der Waals surface area contributed by atoms with Crippen LogP contribution in [0.15, 0.2) is 24.9 Å². The normalized spacial score (nSPS) is 12.9. The summed E-state index contributed by atoms with van der Waals surface area (Å²) >= 11 is 0. The van der Waals surface area contributed by atoms with Crippen LogP contribution in [0.3, 0.4) is 0 Å². The fourth-order valence-electron chi connectivity index (χ4n) is 1.99. The average molecular weight is 247 g/mol. The van der Waals surface area contributed by atoms with Crippen LogP contribution in [0, 0.1) is 6.92 Å². The van der Waals surface area contributed by atoms with Crippen molar-refractivity contribution in [2.24, 2.45) is 0 Å². The van der Waals surface area contributed by atoms with Crippen molar-refractivity contribution in [3.05, 3.63) is 30.6 Å². The molecule has 98 valence electrons. The maximum Gasteiger partial charge on any atom is 0.203 e. The summed E-state index contributed by atoms with van der Waals surface area (Å²) in [5.74, 6) is 0.940. The van der Waals surface area contributed by atoms with Gasteiger partial charge in [-0.15, -0.1) is 0 Å². The summed E-state index contributed by atoms with van der Waals surface area (Å²) in [4.78, 5) is 8.57. The predicted octanol–water partition coefficient (Wildman–Crippen LogP) is 2.47. The second kappa shape index (κ2) is 5.25. The van der Waals surface area contributed by atoms with Gasteiger partial charge < -0.3 is 14.5 Å². The summed E-state index contributed by atoms with van der Waals surface area (Å²) in [6.45, 7) is 9.36. The van der Waals surface area contributed by atoms with E-state index in [0.717, 1.165) is 18.2 Å². The molecule has 0 amide bonds. The molecule has 0 aliphatic heterocycles. The lowest BCUT2D eigenvalue weighted by atomic mass is 10.3. The van der Waals surface area contributed by atoms with Gasteiger partial charge in [0.1, 0.15) is 0 Å². The summed E-state index contributed by atoms with van der Waals surface area (Å²) in [5, 5.41) is 3.45. The number of anilines is 1. The van der Waals surface area contributed by atoms with E-state index in [1.165, 1.54) is 0 Å². The number of imidazole rings is 2. The standard InChI is InChI=1S/C13H21N5/c1-10(2)18-8-12(4)16-13(18)15-11(3)7-17-6-5-14-9-17/h5-6,8-11H,7H2,1-4H3,(H,15,16). The van der Waals surface area contributed by atoms with Gasteiger partial charge in [0.25, 0.3) is 0 Å². The smallest absolute Gasteiger partial charge is 0.203 e. The summed E-state index contributed by atoms with van der Waals surface area (Å²) in [5.41, 5.74) is 1.04. The molecule has 0 saturated carbocycles. The molecule has 0 aliphatic carbocycles. The van der Waals surface area contributed by atoms with Crippen LogP contribution in [0.4, 0.5) is 5.95 Å². The maximum absolute atomic E-state index is 4.53. The number of nitrogens with one attached hydrogen (secondary N) is 1. The molecule has 5 nitrogen and oxygen atoms in total. The topological polar surface area (TPSA) is 47.7 Å². The van der Waals surface area contributed by atoms with Crippen molar-refractivity contribution < 1.29 is 0 Å². The van der Waals surface area contributed by atoms with Gasteiger partial charge in [-0.3, -0.25) is 0 Å². The van der Waals surface area contributed by atoms with Gasteiger partial charge in [0, 0.05) is 37.2 Å². The van der Waals surface area contributed by atoms with Crippen LogP contribution in [-0.2, 0) is 6.54 Å². The van der Waals surface area contributed by atoms with Gasteiger partial charge in [-0.25, -0.2) is 9.97 Å². The van der Waals surface area contributed by atoms with Gasteiger partial charge in [-0.1, -0.05) is 0 Å². The van der Waals surface area contributed by atoms with E-state index in [9.17, 15) is 0 Å². The second-order valence-electron chi connectivity index (χ2n) is 5.01. The van der Waals surface area contributed by atoms with Gasteiger partial charge in [-0.2, -0.15) is 0 Å². The lowest BCUT2D eigenvalue weighted by Gasteiger charge is -2.18. The number of rotatable bonds is 5. The van der Waals surface area contributed by atoms with Crippen LogP contribution >= 0.6 is 0 Å². The first kappa shape index (κ1) is 12.7. The van der Waals surface area contributed by atoms with Crippen LogP contribution in [0.5, 0.6) is 0 Å². The summed E-state index contributed by atoms with van der Waals surface area (Å²) in [7, 11) is 0. The zero-order valence-electron chi connectivity index (χ0n) is 11.5. The molecule has 2 aromatic rings. The molecule has 1 N–H and O–H groups in total. The lowest BCUT2D eigenvalue weighted by molar-refractivity contribution is 0.578. The Labute approximate surface area is 108 Å². The van der Waals surface area contributed by atoms with Crippen LogP contribution in [0.2, 0.25) is 0 Å². The van der Waals surface area contributed by atoms with E-state index < -0.39 is 0 Å². The molecule has 0 fully saturated rings.